The van der Waals surface area contributed by atoms with E-state index in [0.29, 0.717) is 25.0 Å². The summed E-state index contributed by atoms with van der Waals surface area (Å²) in [5.74, 6) is -0.832. The van der Waals surface area contributed by atoms with Gasteiger partial charge >= 0.3 is 5.97 Å². The minimum absolute atomic E-state index is 0.0599. The summed E-state index contributed by atoms with van der Waals surface area (Å²) in [5.41, 5.74) is -0.386. The van der Waals surface area contributed by atoms with Crippen LogP contribution in [-0.4, -0.2) is 46.7 Å². The van der Waals surface area contributed by atoms with Gasteiger partial charge in [-0.2, -0.15) is 0 Å². The number of rotatable bonds is 0. The van der Waals surface area contributed by atoms with Gasteiger partial charge in [-0.15, -0.1) is 0 Å². The van der Waals surface area contributed by atoms with Crippen LogP contribution in [0, 0.1) is 17.3 Å². The van der Waals surface area contributed by atoms with E-state index in [1.165, 1.54) is 0 Å². The van der Waals surface area contributed by atoms with Gasteiger partial charge in [0.05, 0.1) is 30.3 Å². The predicted octanol–water partition coefficient (Wildman–Crippen LogP) is 0.395. The van der Waals surface area contributed by atoms with Crippen molar-refractivity contribution in [3.8, 4) is 0 Å². The second kappa shape index (κ2) is 3.64. The number of aliphatic hydroxyl groups excluding tert-OH is 2. The molecule has 4 aliphatic rings. The molecule has 2 N–H and O–H groups in total. The summed E-state index contributed by atoms with van der Waals surface area (Å²) in [4.78, 5) is 11.8. The lowest BCUT2D eigenvalue weighted by atomic mass is 9.51. The molecule has 0 amide bonds. The van der Waals surface area contributed by atoms with Gasteiger partial charge in [-0.3, -0.25) is 0 Å². The summed E-state index contributed by atoms with van der Waals surface area (Å²) in [6, 6.07) is 0. The first kappa shape index (κ1) is 12.8. The van der Waals surface area contributed by atoms with Crippen LogP contribution < -0.4 is 0 Å². The number of epoxide rings is 1. The maximum atomic E-state index is 11.8. The second-order valence-corrected chi connectivity index (χ2v) is 7.08. The fourth-order valence-corrected chi connectivity index (χ4v) is 4.94. The van der Waals surface area contributed by atoms with Crippen molar-refractivity contribution in [1.29, 1.82) is 0 Å². The van der Waals surface area contributed by atoms with Crippen molar-refractivity contribution >= 4 is 5.97 Å². The summed E-state index contributed by atoms with van der Waals surface area (Å²) in [6.07, 6.45) is 0.320. The van der Waals surface area contributed by atoms with E-state index in [2.05, 4.69) is 6.58 Å². The fraction of sp³-hybridized carbons (Fsp3) is 0.800. The van der Waals surface area contributed by atoms with Gasteiger partial charge in [-0.25, -0.2) is 4.79 Å². The number of aliphatic hydroxyl groups is 2. The summed E-state index contributed by atoms with van der Waals surface area (Å²) in [6.45, 7) is 6.42. The molecule has 0 aromatic rings. The fourth-order valence-electron chi connectivity index (χ4n) is 4.94. The van der Waals surface area contributed by atoms with Gasteiger partial charge in [0.2, 0.25) is 0 Å². The maximum Gasteiger partial charge on any atom is 0.334 e. The molecule has 2 aliphatic carbocycles. The van der Waals surface area contributed by atoms with Crippen LogP contribution in [0.2, 0.25) is 0 Å². The number of carbonyl (C=O) groups is 1. The lowest BCUT2D eigenvalue weighted by Gasteiger charge is -2.55. The Kier molecular flexibility index (Phi) is 2.33. The average molecular weight is 280 g/mol. The van der Waals surface area contributed by atoms with Gasteiger partial charge in [0, 0.05) is 16.9 Å². The van der Waals surface area contributed by atoms with E-state index in [4.69, 9.17) is 9.47 Å². The van der Waals surface area contributed by atoms with E-state index in [0.717, 1.165) is 6.42 Å². The SMILES string of the molecule is C=C1C(=O)OC2C1C(O)CC1(C)C(O)CCC3(CO3)C21. The van der Waals surface area contributed by atoms with E-state index >= 15 is 0 Å². The smallest absolute Gasteiger partial charge is 0.334 e. The van der Waals surface area contributed by atoms with Gasteiger partial charge in [0.25, 0.3) is 0 Å². The summed E-state index contributed by atoms with van der Waals surface area (Å²) >= 11 is 0. The molecule has 2 heterocycles. The van der Waals surface area contributed by atoms with Crippen molar-refractivity contribution in [2.24, 2.45) is 17.3 Å². The van der Waals surface area contributed by atoms with Gasteiger partial charge in [0.15, 0.2) is 0 Å². The Hall–Kier alpha value is -0.910. The largest absolute Gasteiger partial charge is 0.458 e. The van der Waals surface area contributed by atoms with Gasteiger partial charge in [-0.05, 0) is 19.3 Å². The van der Waals surface area contributed by atoms with Gasteiger partial charge in [0.1, 0.15) is 6.10 Å². The number of hydrogen-bond acceptors (Lipinski definition) is 5. The Morgan fingerprint density at radius 2 is 2.10 bits per heavy atom. The number of esters is 1. The summed E-state index contributed by atoms with van der Waals surface area (Å²) in [7, 11) is 0. The third-order valence-corrected chi connectivity index (χ3v) is 6.05. The van der Waals surface area contributed by atoms with Crippen LogP contribution in [0.3, 0.4) is 0 Å². The number of carbonyl (C=O) groups excluding carboxylic acids is 1. The van der Waals surface area contributed by atoms with Crippen molar-refractivity contribution in [1.82, 2.24) is 0 Å². The van der Waals surface area contributed by atoms with E-state index < -0.39 is 29.7 Å². The molecule has 2 saturated heterocycles. The molecule has 0 aromatic carbocycles. The topological polar surface area (TPSA) is 79.3 Å². The number of fused-ring (bicyclic) bond motifs is 4. The molecule has 0 aromatic heterocycles. The summed E-state index contributed by atoms with van der Waals surface area (Å²) in [5, 5.41) is 20.9. The molecule has 7 unspecified atom stereocenters. The van der Waals surface area contributed by atoms with Crippen molar-refractivity contribution in [3.63, 3.8) is 0 Å². The Bertz CT molecular complexity index is 496. The quantitative estimate of drug-likeness (QED) is 0.381. The molecule has 2 saturated carbocycles. The molecule has 1 spiro atoms. The van der Waals surface area contributed by atoms with Crippen LogP contribution in [0.5, 0.6) is 0 Å². The molecule has 2 aliphatic heterocycles. The monoisotopic (exact) mass is 280 g/mol. The Morgan fingerprint density at radius 1 is 1.40 bits per heavy atom. The first-order chi connectivity index (χ1) is 9.39. The highest BCUT2D eigenvalue weighted by Crippen LogP contribution is 2.63. The molecule has 5 nitrogen and oxygen atoms in total. The third-order valence-electron chi connectivity index (χ3n) is 6.05. The van der Waals surface area contributed by atoms with Crippen LogP contribution in [0.4, 0.5) is 0 Å². The van der Waals surface area contributed by atoms with Crippen molar-refractivity contribution in [2.75, 3.05) is 6.61 Å². The van der Waals surface area contributed by atoms with Gasteiger partial charge in [-0.1, -0.05) is 13.5 Å². The lowest BCUT2D eigenvalue weighted by Crippen LogP contribution is -2.62. The molecule has 7 atom stereocenters. The van der Waals surface area contributed by atoms with Crippen molar-refractivity contribution < 1.29 is 24.5 Å². The molecule has 110 valence electrons. The number of hydrogen-bond donors (Lipinski definition) is 2. The zero-order valence-electron chi connectivity index (χ0n) is 11.5. The zero-order valence-corrected chi connectivity index (χ0v) is 11.5. The van der Waals surface area contributed by atoms with Crippen LogP contribution in [0.1, 0.15) is 26.2 Å². The third kappa shape index (κ3) is 1.36. The maximum absolute atomic E-state index is 11.8. The Balaban J connectivity index is 1.80. The molecule has 5 heteroatoms. The van der Waals surface area contributed by atoms with Crippen LogP contribution in [0.25, 0.3) is 0 Å². The van der Waals surface area contributed by atoms with Crippen LogP contribution in [-0.2, 0) is 14.3 Å². The highest BCUT2D eigenvalue weighted by molar-refractivity contribution is 5.91. The highest BCUT2D eigenvalue weighted by atomic mass is 16.6. The van der Waals surface area contributed by atoms with Crippen molar-refractivity contribution in [2.45, 2.75) is 50.1 Å². The molecular formula is C15H20O5. The van der Waals surface area contributed by atoms with Crippen LogP contribution >= 0.6 is 0 Å². The molecular weight excluding hydrogens is 260 g/mol. The Labute approximate surface area is 117 Å². The minimum Gasteiger partial charge on any atom is -0.458 e. The van der Waals surface area contributed by atoms with Crippen LogP contribution in [0.15, 0.2) is 12.2 Å². The molecule has 4 fully saturated rings. The van der Waals surface area contributed by atoms with E-state index in [1.54, 1.807) is 0 Å². The van der Waals surface area contributed by atoms with Crippen molar-refractivity contribution in [3.05, 3.63) is 12.2 Å². The van der Waals surface area contributed by atoms with E-state index in [-0.39, 0.29) is 17.4 Å². The molecule has 0 radical (unpaired) electrons. The number of ether oxygens (including phenoxy) is 2. The summed E-state index contributed by atoms with van der Waals surface area (Å²) < 4.78 is 11.2. The standard InChI is InChI=1S/C15H20O5/c1-7-10-8(16)5-14(2)9(17)3-4-15(6-19-15)12(14)11(10)20-13(7)18/h8-12,16-17H,1,3-6H2,2H3. The Morgan fingerprint density at radius 3 is 2.75 bits per heavy atom. The predicted molar refractivity (Wildman–Crippen MR) is 68.7 cm³/mol. The molecule has 4 rings (SSSR count). The van der Waals surface area contributed by atoms with E-state index in [9.17, 15) is 15.0 Å². The first-order valence-corrected chi connectivity index (χ1v) is 7.29. The van der Waals surface area contributed by atoms with Gasteiger partial charge < -0.3 is 19.7 Å². The zero-order chi connectivity index (χ0) is 14.3. The van der Waals surface area contributed by atoms with E-state index in [1.807, 2.05) is 6.92 Å². The molecule has 20 heavy (non-hydrogen) atoms. The minimum atomic E-state index is -0.691. The average Bonchev–Trinajstić information content (AvgIpc) is 3.07. The first-order valence-electron chi connectivity index (χ1n) is 7.29. The second-order valence-electron chi connectivity index (χ2n) is 7.08. The lowest BCUT2D eigenvalue weighted by molar-refractivity contribution is -0.189. The molecule has 0 bridgehead atoms. The normalized spacial score (nSPS) is 57.2. The highest BCUT2D eigenvalue weighted by Gasteiger charge is 2.71.